The standard InChI is InChI=1S/C24H37ClN4O4/c1-7-10-26-21(32)18(30)15(11-13-8-9-13)27-20(31)17-16-14(24(16,5)6)12-29(17)22(33)19(28-25)23(2,3)4/h7,13-17,19,28H,1,8-12H2,2-6H3,(H,26,32)(H,27,31). The van der Waals surface area contributed by atoms with Crippen molar-refractivity contribution < 1.29 is 19.2 Å². The van der Waals surface area contributed by atoms with Gasteiger partial charge in [0.05, 0.1) is 6.04 Å². The number of hydrogen-bond donors (Lipinski definition) is 3. The molecule has 3 rings (SSSR count). The molecule has 5 atom stereocenters. The molecule has 184 valence electrons. The number of amides is 3. The first-order chi connectivity index (χ1) is 15.3. The van der Waals surface area contributed by atoms with Crippen molar-refractivity contribution in [2.45, 2.75) is 72.0 Å². The zero-order valence-electron chi connectivity index (χ0n) is 20.2. The molecule has 1 heterocycles. The molecule has 3 aliphatic rings. The molecule has 9 heteroatoms. The van der Waals surface area contributed by atoms with Crippen LogP contribution < -0.4 is 15.5 Å². The Morgan fingerprint density at radius 3 is 2.36 bits per heavy atom. The number of halogens is 1. The molecule has 0 aromatic carbocycles. The summed E-state index contributed by atoms with van der Waals surface area (Å²) in [5.74, 6) is -1.46. The number of Topliss-reactive ketones (excluding diaryl/α,β-unsaturated/α-hetero) is 1. The van der Waals surface area contributed by atoms with Crippen LogP contribution in [0.5, 0.6) is 0 Å². The van der Waals surface area contributed by atoms with Crippen molar-refractivity contribution in [3.63, 3.8) is 0 Å². The molecule has 3 N–H and O–H groups in total. The molecule has 0 aromatic heterocycles. The van der Waals surface area contributed by atoms with Crippen molar-refractivity contribution in [3.05, 3.63) is 12.7 Å². The van der Waals surface area contributed by atoms with E-state index in [2.05, 4.69) is 35.9 Å². The van der Waals surface area contributed by atoms with E-state index in [1.807, 2.05) is 20.8 Å². The van der Waals surface area contributed by atoms with Gasteiger partial charge in [-0.3, -0.25) is 19.2 Å². The van der Waals surface area contributed by atoms with Crippen LogP contribution >= 0.6 is 11.8 Å². The van der Waals surface area contributed by atoms with E-state index in [0.717, 1.165) is 12.8 Å². The summed E-state index contributed by atoms with van der Waals surface area (Å²) in [6, 6.07) is -2.26. The first-order valence-electron chi connectivity index (χ1n) is 11.7. The van der Waals surface area contributed by atoms with Crippen LogP contribution in [0.15, 0.2) is 12.7 Å². The van der Waals surface area contributed by atoms with Gasteiger partial charge in [0, 0.05) is 13.1 Å². The van der Waals surface area contributed by atoms with Crippen molar-refractivity contribution >= 4 is 35.3 Å². The summed E-state index contributed by atoms with van der Waals surface area (Å²) in [4.78, 5) is 56.2. The van der Waals surface area contributed by atoms with Gasteiger partial charge in [0.15, 0.2) is 0 Å². The number of ketones is 1. The summed E-state index contributed by atoms with van der Waals surface area (Å²) < 4.78 is 0. The number of carbonyl (C=O) groups excluding carboxylic acids is 4. The third-order valence-electron chi connectivity index (χ3n) is 7.51. The van der Waals surface area contributed by atoms with E-state index >= 15 is 0 Å². The second kappa shape index (κ2) is 9.37. The molecule has 0 aromatic rings. The summed E-state index contributed by atoms with van der Waals surface area (Å²) in [6.45, 7) is 14.1. The summed E-state index contributed by atoms with van der Waals surface area (Å²) >= 11 is 5.93. The molecule has 1 saturated heterocycles. The minimum atomic E-state index is -0.905. The van der Waals surface area contributed by atoms with Gasteiger partial charge in [-0.25, -0.2) is 4.84 Å². The van der Waals surface area contributed by atoms with Crippen LogP contribution in [0.3, 0.4) is 0 Å². The van der Waals surface area contributed by atoms with Crippen molar-refractivity contribution in [3.8, 4) is 0 Å². The minimum absolute atomic E-state index is 0.00339. The zero-order valence-corrected chi connectivity index (χ0v) is 21.0. The molecule has 1 aliphatic heterocycles. The van der Waals surface area contributed by atoms with Gasteiger partial charge in [-0.1, -0.05) is 53.5 Å². The lowest BCUT2D eigenvalue weighted by atomic mass is 9.86. The number of nitrogens with one attached hydrogen (secondary N) is 3. The number of hydrogen-bond acceptors (Lipinski definition) is 5. The van der Waals surface area contributed by atoms with E-state index in [4.69, 9.17) is 11.8 Å². The first-order valence-corrected chi connectivity index (χ1v) is 12.1. The van der Waals surface area contributed by atoms with E-state index < -0.39 is 35.2 Å². The lowest BCUT2D eigenvalue weighted by Crippen LogP contribution is -2.59. The number of piperidine rings is 1. The Kier molecular flexibility index (Phi) is 7.30. The maximum Gasteiger partial charge on any atom is 0.289 e. The van der Waals surface area contributed by atoms with E-state index in [1.165, 1.54) is 6.08 Å². The fraction of sp³-hybridized carbons (Fsp3) is 0.750. The molecule has 5 unspecified atom stereocenters. The number of nitrogens with zero attached hydrogens (tertiary/aromatic N) is 1. The van der Waals surface area contributed by atoms with Gasteiger partial charge in [0.2, 0.25) is 17.6 Å². The van der Waals surface area contributed by atoms with Crippen LogP contribution in [0.25, 0.3) is 0 Å². The summed E-state index contributed by atoms with van der Waals surface area (Å²) in [5, 5.41) is 5.34. The van der Waals surface area contributed by atoms with Gasteiger partial charge in [-0.15, -0.1) is 6.58 Å². The fourth-order valence-electron chi connectivity index (χ4n) is 5.15. The highest BCUT2D eigenvalue weighted by Crippen LogP contribution is 2.65. The lowest BCUT2D eigenvalue weighted by molar-refractivity contribution is -0.145. The van der Waals surface area contributed by atoms with E-state index in [-0.39, 0.29) is 35.6 Å². The molecular weight excluding hydrogens is 444 g/mol. The highest BCUT2D eigenvalue weighted by atomic mass is 35.5. The van der Waals surface area contributed by atoms with Crippen molar-refractivity contribution in [1.82, 2.24) is 20.4 Å². The summed E-state index contributed by atoms with van der Waals surface area (Å²) in [7, 11) is 0. The average Bonchev–Trinajstić information content (AvgIpc) is 3.57. The van der Waals surface area contributed by atoms with Gasteiger partial charge in [0.1, 0.15) is 12.1 Å². The van der Waals surface area contributed by atoms with Crippen LogP contribution in [0, 0.1) is 28.6 Å². The molecule has 2 aliphatic carbocycles. The van der Waals surface area contributed by atoms with Gasteiger partial charge in [-0.2, -0.15) is 0 Å². The quantitative estimate of drug-likeness (QED) is 0.251. The smallest absolute Gasteiger partial charge is 0.289 e. The normalized spacial score (nSPS) is 27.2. The predicted octanol–water partition coefficient (Wildman–Crippen LogP) is 1.78. The highest BCUT2D eigenvalue weighted by Gasteiger charge is 2.69. The lowest BCUT2D eigenvalue weighted by Gasteiger charge is -2.37. The average molecular weight is 481 g/mol. The SMILES string of the molecule is C=CCNC(=O)C(=O)C(CC1CC1)NC(=O)C1C2C(CN1C(=O)C(NCl)C(C)(C)C)C2(C)C. The van der Waals surface area contributed by atoms with Gasteiger partial charge in [0.25, 0.3) is 5.91 Å². The summed E-state index contributed by atoms with van der Waals surface area (Å²) in [5.41, 5.74) is -0.516. The number of likely N-dealkylation sites (tertiary alicyclic amines) is 1. The maximum atomic E-state index is 13.5. The van der Waals surface area contributed by atoms with Crippen LogP contribution in [0.1, 0.15) is 53.9 Å². The molecule has 8 nitrogen and oxygen atoms in total. The predicted molar refractivity (Wildman–Crippen MR) is 126 cm³/mol. The Morgan fingerprint density at radius 2 is 1.85 bits per heavy atom. The molecule has 2 saturated carbocycles. The van der Waals surface area contributed by atoms with Gasteiger partial charge in [-0.05, 0) is 46.8 Å². The zero-order chi connectivity index (χ0) is 24.7. The summed E-state index contributed by atoms with van der Waals surface area (Å²) in [6.07, 6.45) is 3.88. The number of rotatable bonds is 10. The Morgan fingerprint density at radius 1 is 1.21 bits per heavy atom. The molecule has 0 spiro atoms. The van der Waals surface area contributed by atoms with Crippen LogP contribution in [-0.2, 0) is 19.2 Å². The molecule has 0 radical (unpaired) electrons. The third kappa shape index (κ3) is 5.27. The van der Waals surface area contributed by atoms with E-state index in [1.54, 1.807) is 4.90 Å². The molecular formula is C24H37ClN4O4. The monoisotopic (exact) mass is 480 g/mol. The van der Waals surface area contributed by atoms with Crippen LogP contribution in [-0.4, -0.2) is 59.6 Å². The Hall–Kier alpha value is -1.93. The molecule has 33 heavy (non-hydrogen) atoms. The second-order valence-corrected chi connectivity index (χ2v) is 11.6. The van der Waals surface area contributed by atoms with E-state index in [9.17, 15) is 19.2 Å². The van der Waals surface area contributed by atoms with Crippen molar-refractivity contribution in [1.29, 1.82) is 0 Å². The molecule has 3 amide bonds. The largest absolute Gasteiger partial charge is 0.346 e. The molecule has 0 bridgehead atoms. The molecule has 3 fully saturated rings. The Balaban J connectivity index is 1.80. The van der Waals surface area contributed by atoms with Crippen LogP contribution in [0.4, 0.5) is 0 Å². The maximum absolute atomic E-state index is 13.5. The minimum Gasteiger partial charge on any atom is -0.346 e. The Labute approximate surface area is 201 Å². The first kappa shape index (κ1) is 25.7. The topological polar surface area (TPSA) is 108 Å². The fourth-order valence-corrected chi connectivity index (χ4v) is 5.57. The number of fused-ring (bicyclic) bond motifs is 1. The Bertz CT molecular complexity index is 833. The second-order valence-electron chi connectivity index (χ2n) is 11.4. The van der Waals surface area contributed by atoms with Crippen LogP contribution in [0.2, 0.25) is 0 Å². The third-order valence-corrected chi connectivity index (χ3v) is 7.73. The van der Waals surface area contributed by atoms with Crippen molar-refractivity contribution in [2.75, 3.05) is 13.1 Å². The number of carbonyl (C=O) groups is 4. The highest BCUT2D eigenvalue weighted by molar-refractivity contribution is 6.38. The van der Waals surface area contributed by atoms with E-state index in [0.29, 0.717) is 18.9 Å². The van der Waals surface area contributed by atoms with Gasteiger partial charge < -0.3 is 15.5 Å². The van der Waals surface area contributed by atoms with Crippen molar-refractivity contribution in [2.24, 2.45) is 28.6 Å². The van der Waals surface area contributed by atoms with Gasteiger partial charge >= 0.3 is 0 Å².